The molecule has 160 valence electrons. The molecule has 7 heteroatoms. The van der Waals surface area contributed by atoms with E-state index in [0.717, 1.165) is 33.9 Å². The van der Waals surface area contributed by atoms with Crippen LogP contribution in [0.3, 0.4) is 0 Å². The maximum absolute atomic E-state index is 11.4. The number of aromatic nitrogens is 3. The van der Waals surface area contributed by atoms with E-state index in [1.165, 1.54) is 0 Å². The maximum atomic E-state index is 11.4. The zero-order valence-corrected chi connectivity index (χ0v) is 18.5. The average molecular weight is 444 g/mol. The van der Waals surface area contributed by atoms with Crippen molar-refractivity contribution in [3.8, 4) is 5.69 Å². The zero-order valence-electron chi connectivity index (χ0n) is 17.8. The maximum Gasteiger partial charge on any atom is 0.252 e. The van der Waals surface area contributed by atoms with Crippen LogP contribution in [-0.4, -0.2) is 32.1 Å². The summed E-state index contributed by atoms with van der Waals surface area (Å²) in [5.74, 6) is 1.29. The number of hydrogen-bond acceptors (Lipinski definition) is 5. The van der Waals surface area contributed by atoms with Crippen molar-refractivity contribution in [3.63, 3.8) is 0 Å². The largest absolute Gasteiger partial charge is 0.384 e. The van der Waals surface area contributed by atoms with Crippen LogP contribution >= 0.6 is 11.6 Å². The third-order valence-electron chi connectivity index (χ3n) is 5.63. The van der Waals surface area contributed by atoms with Gasteiger partial charge in [-0.25, -0.2) is 5.01 Å². The lowest BCUT2D eigenvalue weighted by Crippen LogP contribution is -2.37. The molecule has 1 N–H and O–H groups in total. The first kappa shape index (κ1) is 20.4. The Morgan fingerprint density at radius 2 is 1.59 bits per heavy atom. The van der Waals surface area contributed by atoms with Gasteiger partial charge in [0, 0.05) is 16.1 Å². The summed E-state index contributed by atoms with van der Waals surface area (Å²) < 4.78 is 1.98. The van der Waals surface area contributed by atoms with Crippen LogP contribution in [0, 0.1) is 6.92 Å². The smallest absolute Gasteiger partial charge is 0.252 e. The zero-order chi connectivity index (χ0) is 22.3. The van der Waals surface area contributed by atoms with Crippen LogP contribution in [0.15, 0.2) is 84.0 Å². The van der Waals surface area contributed by atoms with Gasteiger partial charge in [-0.3, -0.25) is 4.57 Å². The lowest BCUT2D eigenvalue weighted by atomic mass is 9.96. The van der Waals surface area contributed by atoms with Gasteiger partial charge in [-0.05, 0) is 37.6 Å². The minimum Gasteiger partial charge on any atom is -0.384 e. The van der Waals surface area contributed by atoms with Crippen LogP contribution in [-0.2, 0) is 5.60 Å². The monoisotopic (exact) mass is 443 g/mol. The summed E-state index contributed by atoms with van der Waals surface area (Å²) >= 11 is 6.14. The number of halogens is 1. The molecular weight excluding hydrogens is 422 g/mol. The number of rotatable bonds is 4. The molecule has 5 rings (SSSR count). The highest BCUT2D eigenvalue weighted by Gasteiger charge is 2.32. The van der Waals surface area contributed by atoms with Crippen LogP contribution < -0.4 is 5.01 Å². The summed E-state index contributed by atoms with van der Waals surface area (Å²) in [5.41, 5.74) is 3.19. The van der Waals surface area contributed by atoms with Crippen molar-refractivity contribution in [1.82, 2.24) is 14.8 Å². The lowest BCUT2D eigenvalue weighted by molar-refractivity contribution is 0.0642. The summed E-state index contributed by atoms with van der Waals surface area (Å²) in [6.07, 6.45) is 0. The molecule has 0 saturated carbocycles. The Labute approximate surface area is 191 Å². The van der Waals surface area contributed by atoms with E-state index in [9.17, 15) is 5.11 Å². The minimum absolute atomic E-state index is 0.195. The van der Waals surface area contributed by atoms with Gasteiger partial charge >= 0.3 is 0 Å². The van der Waals surface area contributed by atoms with Crippen LogP contribution in [0.2, 0.25) is 5.02 Å². The molecule has 0 spiro atoms. The molecule has 3 aromatic carbocycles. The highest BCUT2D eigenvalue weighted by molar-refractivity contribution is 6.30. The fraction of sp³-hybridized carbons (Fsp3) is 0.160. The van der Waals surface area contributed by atoms with Gasteiger partial charge in [0.1, 0.15) is 17.1 Å². The Morgan fingerprint density at radius 1 is 0.906 bits per heavy atom. The number of β-amino-alcohol motifs (C(OH)–C–C–N with tert-alkyl or cyclic N) is 1. The van der Waals surface area contributed by atoms with Crippen molar-refractivity contribution >= 4 is 23.3 Å². The molecule has 0 aliphatic carbocycles. The van der Waals surface area contributed by atoms with Gasteiger partial charge in [0.15, 0.2) is 0 Å². The highest BCUT2D eigenvalue weighted by Crippen LogP contribution is 2.32. The van der Waals surface area contributed by atoms with E-state index in [4.69, 9.17) is 16.7 Å². The van der Waals surface area contributed by atoms with Crippen molar-refractivity contribution in [2.75, 3.05) is 11.6 Å². The van der Waals surface area contributed by atoms with Crippen molar-refractivity contribution in [2.24, 2.45) is 5.10 Å². The van der Waals surface area contributed by atoms with E-state index < -0.39 is 5.60 Å². The highest BCUT2D eigenvalue weighted by atomic mass is 35.5. The van der Waals surface area contributed by atoms with Crippen LogP contribution in [0.25, 0.3) is 5.69 Å². The first-order valence-electron chi connectivity index (χ1n) is 10.4. The Hall–Kier alpha value is -3.48. The molecule has 1 aliphatic heterocycles. The minimum atomic E-state index is -1.17. The molecule has 1 unspecified atom stereocenters. The van der Waals surface area contributed by atoms with E-state index in [0.29, 0.717) is 11.0 Å². The number of aryl methyl sites for hydroxylation is 1. The predicted molar refractivity (Wildman–Crippen MR) is 127 cm³/mol. The molecule has 6 nitrogen and oxygen atoms in total. The molecular formula is C25H22ClN5O. The number of nitrogens with zero attached hydrogens (tertiary/aromatic N) is 5. The van der Waals surface area contributed by atoms with Crippen LogP contribution in [0.5, 0.6) is 0 Å². The molecule has 1 atom stereocenters. The fourth-order valence-electron chi connectivity index (χ4n) is 4.00. The normalized spacial score (nSPS) is 14.8. The van der Waals surface area contributed by atoms with Gasteiger partial charge in [0.05, 0.1) is 12.2 Å². The molecule has 0 fully saturated rings. The fourth-order valence-corrected chi connectivity index (χ4v) is 4.12. The molecule has 2 heterocycles. The van der Waals surface area contributed by atoms with Gasteiger partial charge in [-0.2, -0.15) is 5.10 Å². The molecule has 0 radical (unpaired) electrons. The third-order valence-corrected chi connectivity index (χ3v) is 5.88. The number of aliphatic hydroxyl groups is 1. The Morgan fingerprint density at radius 3 is 2.34 bits per heavy atom. The second kappa shape index (κ2) is 7.89. The molecule has 32 heavy (non-hydrogen) atoms. The third kappa shape index (κ3) is 3.57. The Bertz CT molecular complexity index is 1300. The Kier molecular flexibility index (Phi) is 5.04. The van der Waals surface area contributed by atoms with Gasteiger partial charge < -0.3 is 5.11 Å². The number of benzene rings is 3. The molecule has 0 bridgehead atoms. The first-order chi connectivity index (χ1) is 15.4. The standard InChI is InChI=1S/C25H22ClN5O/c1-17-27-28-24-30(16-25(2,32)19-8-4-3-5-9-19)29-23(18-12-14-20(26)15-13-18)21-10-6-7-11-22(21)31(17)24/h3-15,32H,16H2,1-2H3. The molecule has 0 amide bonds. The number of anilines is 1. The predicted octanol–water partition coefficient (Wildman–Crippen LogP) is 4.71. The van der Waals surface area contributed by atoms with Gasteiger partial charge in [0.25, 0.3) is 5.95 Å². The molecule has 0 saturated heterocycles. The molecule has 1 aromatic heterocycles. The summed E-state index contributed by atoms with van der Waals surface area (Å²) in [4.78, 5) is 0. The van der Waals surface area contributed by atoms with E-state index in [1.807, 2.05) is 90.4 Å². The second-order valence-corrected chi connectivity index (χ2v) is 8.49. The van der Waals surface area contributed by atoms with E-state index >= 15 is 0 Å². The first-order valence-corrected chi connectivity index (χ1v) is 10.7. The van der Waals surface area contributed by atoms with Crippen molar-refractivity contribution < 1.29 is 5.11 Å². The summed E-state index contributed by atoms with van der Waals surface area (Å²) in [6, 6.07) is 25.2. The second-order valence-electron chi connectivity index (χ2n) is 8.05. The quantitative estimate of drug-likeness (QED) is 0.496. The van der Waals surface area contributed by atoms with E-state index in [-0.39, 0.29) is 6.54 Å². The lowest BCUT2D eigenvalue weighted by Gasteiger charge is -2.29. The summed E-state index contributed by atoms with van der Waals surface area (Å²) in [6.45, 7) is 3.89. The van der Waals surface area contributed by atoms with Crippen molar-refractivity contribution in [3.05, 3.63) is 106 Å². The van der Waals surface area contributed by atoms with Gasteiger partial charge in [-0.1, -0.05) is 72.3 Å². The van der Waals surface area contributed by atoms with Crippen LogP contribution in [0.4, 0.5) is 5.95 Å². The van der Waals surface area contributed by atoms with Crippen molar-refractivity contribution in [2.45, 2.75) is 19.4 Å². The van der Waals surface area contributed by atoms with Crippen LogP contribution in [0.1, 0.15) is 29.4 Å². The SMILES string of the molecule is Cc1nnc2n1-c1ccccc1C(c1ccc(Cl)cc1)=NN2CC(C)(O)c1ccccc1. The number of hydrazone groups is 1. The number of hydrogen-bond donors (Lipinski definition) is 1. The topological polar surface area (TPSA) is 66.5 Å². The van der Waals surface area contributed by atoms with Crippen molar-refractivity contribution in [1.29, 1.82) is 0 Å². The summed E-state index contributed by atoms with van der Waals surface area (Å²) in [5, 5.41) is 27.5. The van der Waals surface area contributed by atoms with Gasteiger partial charge in [0.2, 0.25) is 0 Å². The Balaban J connectivity index is 1.70. The number of fused-ring (bicyclic) bond motifs is 3. The van der Waals surface area contributed by atoms with E-state index in [2.05, 4.69) is 10.2 Å². The molecule has 1 aliphatic rings. The summed E-state index contributed by atoms with van der Waals surface area (Å²) in [7, 11) is 0. The van der Waals surface area contributed by atoms with E-state index in [1.54, 1.807) is 11.9 Å². The van der Waals surface area contributed by atoms with Gasteiger partial charge in [-0.15, -0.1) is 10.2 Å². The number of para-hydroxylation sites is 1. The molecule has 4 aromatic rings. The average Bonchev–Trinajstić information content (AvgIpc) is 3.13.